The Bertz CT molecular complexity index is 989. The summed E-state index contributed by atoms with van der Waals surface area (Å²) in [5.41, 5.74) is 2.28. The number of nitrogens with one attached hydrogen (secondary N) is 3. The maximum absolute atomic E-state index is 12.1. The summed E-state index contributed by atoms with van der Waals surface area (Å²) < 4.78 is 1.49. The lowest BCUT2D eigenvalue weighted by Gasteiger charge is -2.28. The molecule has 0 bridgehead atoms. The van der Waals surface area contributed by atoms with Gasteiger partial charge in [-0.25, -0.2) is 14.6 Å². The van der Waals surface area contributed by atoms with Crippen LogP contribution in [0.2, 0.25) is 0 Å². The van der Waals surface area contributed by atoms with Crippen molar-refractivity contribution in [2.24, 2.45) is 0 Å². The number of carbonyl (C=O) groups is 1. The van der Waals surface area contributed by atoms with Gasteiger partial charge >= 0.3 is 5.69 Å². The van der Waals surface area contributed by atoms with Crippen LogP contribution in [0.3, 0.4) is 0 Å². The average molecular weight is 369 g/mol. The zero-order valence-corrected chi connectivity index (χ0v) is 14.6. The Kier molecular flexibility index (Phi) is 4.75. The molecule has 27 heavy (non-hydrogen) atoms. The molecule has 4 rings (SSSR count). The first-order chi connectivity index (χ1) is 13.2. The van der Waals surface area contributed by atoms with Gasteiger partial charge in [-0.15, -0.1) is 5.10 Å². The third-order valence-electron chi connectivity index (χ3n) is 4.48. The van der Waals surface area contributed by atoms with Crippen molar-refractivity contribution in [3.63, 3.8) is 0 Å². The Morgan fingerprint density at radius 3 is 2.93 bits per heavy atom. The number of hydrogen-bond donors (Lipinski definition) is 3. The topological polar surface area (TPSA) is 137 Å². The average Bonchev–Trinajstić information content (AvgIpc) is 3.29. The van der Waals surface area contributed by atoms with Crippen molar-refractivity contribution < 1.29 is 4.79 Å². The number of benzene rings is 1. The summed E-state index contributed by atoms with van der Waals surface area (Å²) in [4.78, 5) is 27.8. The third kappa shape index (κ3) is 4.08. The van der Waals surface area contributed by atoms with E-state index in [2.05, 4.69) is 59.1 Å². The van der Waals surface area contributed by atoms with Crippen LogP contribution in [0, 0.1) is 0 Å². The van der Waals surface area contributed by atoms with Crippen LogP contribution < -0.4 is 11.0 Å². The van der Waals surface area contributed by atoms with E-state index >= 15 is 0 Å². The normalized spacial score (nSPS) is 14.1. The highest BCUT2D eigenvalue weighted by molar-refractivity contribution is 5.75. The lowest BCUT2D eigenvalue weighted by molar-refractivity contribution is -0.122. The van der Waals surface area contributed by atoms with Crippen molar-refractivity contribution in [3.8, 4) is 0 Å². The van der Waals surface area contributed by atoms with E-state index in [1.165, 1.54) is 15.8 Å². The zero-order valence-electron chi connectivity index (χ0n) is 14.6. The van der Waals surface area contributed by atoms with Crippen molar-refractivity contribution >= 4 is 5.91 Å². The van der Waals surface area contributed by atoms with E-state index in [9.17, 15) is 9.59 Å². The summed E-state index contributed by atoms with van der Waals surface area (Å²) in [5, 5.41) is 20.3. The number of amides is 1. The fourth-order valence-electron chi connectivity index (χ4n) is 3.11. The van der Waals surface area contributed by atoms with E-state index in [4.69, 9.17) is 0 Å². The van der Waals surface area contributed by atoms with Crippen LogP contribution in [0.15, 0.2) is 29.1 Å². The molecule has 0 atom stereocenters. The van der Waals surface area contributed by atoms with Crippen LogP contribution in [-0.4, -0.2) is 52.7 Å². The second-order valence-electron chi connectivity index (χ2n) is 6.38. The highest BCUT2D eigenvalue weighted by Gasteiger charge is 2.19. The molecule has 0 saturated carbocycles. The van der Waals surface area contributed by atoms with Gasteiger partial charge in [0.2, 0.25) is 5.91 Å². The molecule has 0 fully saturated rings. The first-order valence-corrected chi connectivity index (χ1v) is 8.62. The molecular formula is C16H19N9O2. The summed E-state index contributed by atoms with van der Waals surface area (Å²) in [7, 11) is 0. The van der Waals surface area contributed by atoms with Gasteiger partial charge in [-0.1, -0.05) is 24.3 Å². The third-order valence-corrected chi connectivity index (χ3v) is 4.48. The Hall–Kier alpha value is -3.34. The van der Waals surface area contributed by atoms with E-state index in [-0.39, 0.29) is 19.0 Å². The number of aromatic amines is 2. The minimum atomic E-state index is -0.412. The van der Waals surface area contributed by atoms with Crippen molar-refractivity contribution in [1.29, 1.82) is 0 Å². The second kappa shape index (κ2) is 7.50. The first kappa shape index (κ1) is 17.1. The van der Waals surface area contributed by atoms with Gasteiger partial charge in [0.25, 0.3) is 0 Å². The highest BCUT2D eigenvalue weighted by atomic mass is 16.2. The lowest BCUT2D eigenvalue weighted by atomic mass is 10.00. The smallest absolute Gasteiger partial charge is 0.340 e. The molecule has 2 aromatic heterocycles. The molecule has 11 nitrogen and oxygen atoms in total. The van der Waals surface area contributed by atoms with Crippen LogP contribution in [0.1, 0.15) is 22.8 Å². The minimum absolute atomic E-state index is 0.00140. The van der Waals surface area contributed by atoms with Gasteiger partial charge in [0.1, 0.15) is 12.4 Å². The fourth-order valence-corrected chi connectivity index (χ4v) is 3.11. The second-order valence-corrected chi connectivity index (χ2v) is 6.38. The SMILES string of the molecule is O=C(Cn1nnnc1CN1CCc2ccccc2C1)NCc1n[nH]c(=O)[nH]1. The number of tetrazole rings is 1. The predicted molar refractivity (Wildman–Crippen MR) is 93.1 cm³/mol. The van der Waals surface area contributed by atoms with E-state index < -0.39 is 5.69 Å². The monoisotopic (exact) mass is 369 g/mol. The molecule has 3 heterocycles. The number of aromatic nitrogens is 7. The molecule has 1 aromatic carbocycles. The number of carbonyl (C=O) groups excluding carboxylic acids is 1. The van der Waals surface area contributed by atoms with Crippen molar-refractivity contribution in [1.82, 2.24) is 45.6 Å². The Morgan fingerprint density at radius 1 is 1.26 bits per heavy atom. The summed E-state index contributed by atoms with van der Waals surface area (Å²) in [5.74, 6) is 0.728. The summed E-state index contributed by atoms with van der Waals surface area (Å²) in [6.07, 6.45) is 0.986. The maximum atomic E-state index is 12.1. The number of rotatable bonds is 6. The first-order valence-electron chi connectivity index (χ1n) is 8.62. The molecule has 0 saturated heterocycles. The highest BCUT2D eigenvalue weighted by Crippen LogP contribution is 2.19. The number of fused-ring (bicyclic) bond motifs is 1. The van der Waals surface area contributed by atoms with Crippen molar-refractivity contribution in [2.45, 2.75) is 32.6 Å². The summed E-state index contributed by atoms with van der Waals surface area (Å²) >= 11 is 0. The molecule has 1 aliphatic rings. The standard InChI is InChI=1S/C16H19N9O2/c26-15(17-7-13-18-16(27)21-19-13)10-25-14(20-22-23-25)9-24-6-5-11-3-1-2-4-12(11)8-24/h1-4H,5-10H2,(H,17,26)(H2,18,19,21,27). The predicted octanol–water partition coefficient (Wildman–Crippen LogP) is -1.04. The van der Waals surface area contributed by atoms with Crippen LogP contribution in [0.25, 0.3) is 0 Å². The molecular weight excluding hydrogens is 350 g/mol. The molecule has 1 aliphatic heterocycles. The van der Waals surface area contributed by atoms with E-state index in [0.717, 1.165) is 19.5 Å². The van der Waals surface area contributed by atoms with Gasteiger partial charge in [-0.3, -0.25) is 14.7 Å². The van der Waals surface area contributed by atoms with E-state index in [1.54, 1.807) is 0 Å². The molecule has 0 radical (unpaired) electrons. The van der Waals surface area contributed by atoms with E-state index in [1.807, 2.05) is 6.07 Å². The Morgan fingerprint density at radius 2 is 2.11 bits per heavy atom. The van der Waals surface area contributed by atoms with E-state index in [0.29, 0.717) is 18.2 Å². The summed E-state index contributed by atoms with van der Waals surface area (Å²) in [6.45, 7) is 2.45. The van der Waals surface area contributed by atoms with Gasteiger partial charge in [0.15, 0.2) is 5.82 Å². The van der Waals surface area contributed by atoms with Crippen molar-refractivity contribution in [3.05, 3.63) is 57.5 Å². The minimum Gasteiger partial charge on any atom is -0.347 e. The number of H-pyrrole nitrogens is 2. The van der Waals surface area contributed by atoms with Crippen LogP contribution in [0.5, 0.6) is 0 Å². The summed E-state index contributed by atoms with van der Waals surface area (Å²) in [6, 6.07) is 8.40. The Labute approximate surface area is 153 Å². The maximum Gasteiger partial charge on any atom is 0.340 e. The molecule has 0 unspecified atom stereocenters. The molecule has 140 valence electrons. The lowest BCUT2D eigenvalue weighted by Crippen LogP contribution is -2.33. The van der Waals surface area contributed by atoms with Crippen LogP contribution in [-0.2, 0) is 37.4 Å². The molecule has 11 heteroatoms. The van der Waals surface area contributed by atoms with Crippen molar-refractivity contribution in [2.75, 3.05) is 6.54 Å². The van der Waals surface area contributed by atoms with Gasteiger partial charge < -0.3 is 5.32 Å². The van der Waals surface area contributed by atoms with Crippen LogP contribution >= 0.6 is 0 Å². The van der Waals surface area contributed by atoms with Gasteiger partial charge in [0, 0.05) is 13.1 Å². The zero-order chi connectivity index (χ0) is 18.6. The number of nitrogens with zero attached hydrogens (tertiary/aromatic N) is 6. The molecule has 0 spiro atoms. The van der Waals surface area contributed by atoms with Gasteiger partial charge in [-0.05, 0) is 28.0 Å². The number of hydrogen-bond acceptors (Lipinski definition) is 7. The van der Waals surface area contributed by atoms with Crippen LogP contribution in [0.4, 0.5) is 0 Å². The van der Waals surface area contributed by atoms with Gasteiger partial charge in [-0.2, -0.15) is 5.10 Å². The largest absolute Gasteiger partial charge is 0.347 e. The molecule has 3 N–H and O–H groups in total. The van der Waals surface area contributed by atoms with Gasteiger partial charge in [0.05, 0.1) is 13.1 Å². The molecule has 0 aliphatic carbocycles. The quantitative estimate of drug-likeness (QED) is 0.504. The molecule has 1 amide bonds. The molecule has 3 aromatic rings. The Balaban J connectivity index is 1.34. The fraction of sp³-hybridized carbons (Fsp3) is 0.375.